The first-order valence-corrected chi connectivity index (χ1v) is 8.84. The van der Waals surface area contributed by atoms with Crippen molar-refractivity contribution in [2.45, 2.75) is 63.6 Å². The predicted octanol–water partition coefficient (Wildman–Crippen LogP) is 1.82. The molecule has 8 nitrogen and oxygen atoms in total. The molecule has 1 aliphatic carbocycles. The third kappa shape index (κ3) is 3.39. The van der Waals surface area contributed by atoms with Crippen LogP contribution in [0.25, 0.3) is 0 Å². The zero-order valence-corrected chi connectivity index (χ0v) is 14.4. The molecule has 0 aromatic carbocycles. The molecule has 24 heavy (non-hydrogen) atoms. The highest BCUT2D eigenvalue weighted by atomic mass is 16.6. The maximum Gasteiger partial charge on any atom is 0.333 e. The minimum Gasteiger partial charge on any atom is -0.391 e. The van der Waals surface area contributed by atoms with Crippen LogP contribution in [0.4, 0.5) is 11.5 Å². The number of nitrogens with zero attached hydrogens (tertiary/aromatic N) is 4. The number of nitro groups is 1. The van der Waals surface area contributed by atoms with E-state index in [0.29, 0.717) is 11.5 Å². The summed E-state index contributed by atoms with van der Waals surface area (Å²) < 4.78 is 1.56. The highest BCUT2D eigenvalue weighted by molar-refractivity contribution is 5.59. The summed E-state index contributed by atoms with van der Waals surface area (Å²) in [6.45, 7) is 3.50. The molecule has 1 aromatic heterocycles. The Morgan fingerprint density at radius 2 is 1.92 bits per heavy atom. The van der Waals surface area contributed by atoms with E-state index in [-0.39, 0.29) is 28.8 Å². The normalized spacial score (nSPS) is 26.5. The van der Waals surface area contributed by atoms with Crippen LogP contribution in [0.2, 0.25) is 0 Å². The standard InChI is InChI=1S/C16H27N5O3/c1-11-15(21(23)24)16(19(2)18-11)17-12-7-9-20(10-8-12)13-5-3-4-6-14(13)22/h12-14,17,22H,3-10H2,1-2H3. The number of piperidine rings is 1. The van der Waals surface area contributed by atoms with Gasteiger partial charge in [0.25, 0.3) is 0 Å². The van der Waals surface area contributed by atoms with Gasteiger partial charge < -0.3 is 10.4 Å². The molecule has 2 unspecified atom stereocenters. The van der Waals surface area contributed by atoms with Crippen molar-refractivity contribution in [1.29, 1.82) is 0 Å². The van der Waals surface area contributed by atoms with Crippen LogP contribution in [0.15, 0.2) is 0 Å². The maximum atomic E-state index is 11.3. The third-order valence-electron chi connectivity index (χ3n) is 5.41. The molecule has 3 rings (SSSR count). The quantitative estimate of drug-likeness (QED) is 0.642. The molecule has 2 N–H and O–H groups in total. The lowest BCUT2D eigenvalue weighted by molar-refractivity contribution is -0.384. The molecule has 2 fully saturated rings. The number of likely N-dealkylation sites (tertiary alicyclic amines) is 1. The van der Waals surface area contributed by atoms with Crippen LogP contribution in [0.5, 0.6) is 0 Å². The van der Waals surface area contributed by atoms with Gasteiger partial charge in [-0.05, 0) is 32.6 Å². The van der Waals surface area contributed by atoms with Gasteiger partial charge in [0.2, 0.25) is 5.82 Å². The first kappa shape index (κ1) is 17.2. The molecule has 1 aromatic rings. The molecule has 2 heterocycles. The molecular formula is C16H27N5O3. The fraction of sp³-hybridized carbons (Fsp3) is 0.812. The van der Waals surface area contributed by atoms with Crippen molar-refractivity contribution in [2.75, 3.05) is 18.4 Å². The molecule has 0 spiro atoms. The molecule has 0 amide bonds. The summed E-state index contributed by atoms with van der Waals surface area (Å²) in [7, 11) is 1.73. The Morgan fingerprint density at radius 3 is 2.54 bits per heavy atom. The fourth-order valence-electron chi connectivity index (χ4n) is 4.11. The molecule has 1 aliphatic heterocycles. The summed E-state index contributed by atoms with van der Waals surface area (Å²) in [4.78, 5) is 13.3. The van der Waals surface area contributed by atoms with Crippen LogP contribution in [0.3, 0.4) is 0 Å². The first-order valence-electron chi connectivity index (χ1n) is 8.84. The number of rotatable bonds is 4. The van der Waals surface area contributed by atoms with Crippen LogP contribution >= 0.6 is 0 Å². The Hall–Kier alpha value is -1.67. The number of aryl methyl sites for hydroxylation is 2. The van der Waals surface area contributed by atoms with E-state index in [1.54, 1.807) is 18.7 Å². The molecule has 1 saturated heterocycles. The summed E-state index contributed by atoms with van der Waals surface area (Å²) >= 11 is 0. The van der Waals surface area contributed by atoms with Gasteiger partial charge in [-0.2, -0.15) is 5.10 Å². The third-order valence-corrected chi connectivity index (χ3v) is 5.41. The number of aromatic nitrogens is 2. The van der Waals surface area contributed by atoms with Crippen molar-refractivity contribution in [3.8, 4) is 0 Å². The molecule has 2 aliphatic rings. The number of hydrogen-bond acceptors (Lipinski definition) is 6. The topological polar surface area (TPSA) is 96.5 Å². The van der Waals surface area contributed by atoms with E-state index < -0.39 is 0 Å². The second-order valence-corrected chi connectivity index (χ2v) is 7.04. The number of aliphatic hydroxyl groups is 1. The van der Waals surface area contributed by atoms with E-state index in [0.717, 1.165) is 45.2 Å². The molecule has 2 atom stereocenters. The van der Waals surface area contributed by atoms with Crippen molar-refractivity contribution in [3.63, 3.8) is 0 Å². The van der Waals surface area contributed by atoms with Crippen molar-refractivity contribution >= 4 is 11.5 Å². The predicted molar refractivity (Wildman–Crippen MR) is 91.1 cm³/mol. The van der Waals surface area contributed by atoms with E-state index in [1.807, 2.05) is 0 Å². The minimum absolute atomic E-state index is 0.0719. The van der Waals surface area contributed by atoms with Gasteiger partial charge in [0, 0.05) is 32.2 Å². The van der Waals surface area contributed by atoms with Gasteiger partial charge in [-0.15, -0.1) is 0 Å². The summed E-state index contributed by atoms with van der Waals surface area (Å²) in [6, 6.07) is 0.489. The van der Waals surface area contributed by atoms with E-state index >= 15 is 0 Å². The molecule has 0 bridgehead atoms. The molecule has 134 valence electrons. The summed E-state index contributed by atoms with van der Waals surface area (Å²) in [5.41, 5.74) is 0.510. The highest BCUT2D eigenvalue weighted by Gasteiger charge is 2.33. The number of hydrogen-bond donors (Lipinski definition) is 2. The van der Waals surface area contributed by atoms with Gasteiger partial charge >= 0.3 is 5.69 Å². The van der Waals surface area contributed by atoms with Gasteiger partial charge in [0.05, 0.1) is 11.0 Å². The second kappa shape index (κ2) is 7.06. The van der Waals surface area contributed by atoms with E-state index in [2.05, 4.69) is 15.3 Å². The summed E-state index contributed by atoms with van der Waals surface area (Å²) in [6.07, 6.45) is 5.94. The Bertz CT molecular complexity index is 595. The summed E-state index contributed by atoms with van der Waals surface area (Å²) in [5, 5.41) is 29.0. The van der Waals surface area contributed by atoms with Gasteiger partial charge in [0.1, 0.15) is 5.69 Å². The lowest BCUT2D eigenvalue weighted by Crippen LogP contribution is -2.50. The Morgan fingerprint density at radius 1 is 1.25 bits per heavy atom. The Balaban J connectivity index is 1.61. The Kier molecular flexibility index (Phi) is 5.05. The SMILES string of the molecule is Cc1nn(C)c(NC2CCN(C3CCCCC3O)CC2)c1[N+](=O)[O-]. The lowest BCUT2D eigenvalue weighted by atomic mass is 9.89. The molecule has 1 saturated carbocycles. The van der Waals surface area contributed by atoms with Gasteiger partial charge in [0.15, 0.2) is 0 Å². The number of nitrogens with one attached hydrogen (secondary N) is 1. The van der Waals surface area contributed by atoms with Gasteiger partial charge in [-0.3, -0.25) is 15.0 Å². The van der Waals surface area contributed by atoms with Crippen molar-refractivity contribution < 1.29 is 10.0 Å². The zero-order chi connectivity index (χ0) is 17.3. The van der Waals surface area contributed by atoms with E-state index in [4.69, 9.17) is 0 Å². The summed E-state index contributed by atoms with van der Waals surface area (Å²) in [5.74, 6) is 0.494. The van der Waals surface area contributed by atoms with Crippen molar-refractivity contribution in [1.82, 2.24) is 14.7 Å². The van der Waals surface area contributed by atoms with Crippen LogP contribution in [0.1, 0.15) is 44.2 Å². The van der Waals surface area contributed by atoms with Crippen molar-refractivity contribution in [3.05, 3.63) is 15.8 Å². The smallest absolute Gasteiger partial charge is 0.333 e. The average molecular weight is 337 g/mol. The van der Waals surface area contributed by atoms with Gasteiger partial charge in [-0.25, -0.2) is 4.68 Å². The van der Waals surface area contributed by atoms with Crippen LogP contribution < -0.4 is 5.32 Å². The second-order valence-electron chi connectivity index (χ2n) is 7.04. The lowest BCUT2D eigenvalue weighted by Gasteiger charge is -2.41. The first-order chi connectivity index (χ1) is 11.5. The molecular weight excluding hydrogens is 310 g/mol. The van der Waals surface area contributed by atoms with Gasteiger partial charge in [-0.1, -0.05) is 12.8 Å². The maximum absolute atomic E-state index is 11.3. The molecule has 8 heteroatoms. The zero-order valence-electron chi connectivity index (χ0n) is 14.4. The number of anilines is 1. The highest BCUT2D eigenvalue weighted by Crippen LogP contribution is 2.30. The van der Waals surface area contributed by atoms with Crippen molar-refractivity contribution in [2.24, 2.45) is 7.05 Å². The Labute approximate surface area is 142 Å². The monoisotopic (exact) mass is 337 g/mol. The van der Waals surface area contributed by atoms with Crippen LogP contribution in [-0.2, 0) is 7.05 Å². The average Bonchev–Trinajstić information content (AvgIpc) is 2.82. The largest absolute Gasteiger partial charge is 0.391 e. The van der Waals surface area contributed by atoms with E-state index in [9.17, 15) is 15.2 Å². The fourth-order valence-corrected chi connectivity index (χ4v) is 4.11. The van der Waals surface area contributed by atoms with Crippen LogP contribution in [-0.4, -0.2) is 56.0 Å². The van der Waals surface area contributed by atoms with Crippen LogP contribution in [0, 0.1) is 17.0 Å². The van der Waals surface area contributed by atoms with E-state index in [1.165, 1.54) is 6.42 Å². The number of aliphatic hydroxyl groups excluding tert-OH is 1. The minimum atomic E-state index is -0.363. The molecule has 0 radical (unpaired) electrons.